The van der Waals surface area contributed by atoms with Crippen LogP contribution in [0.25, 0.3) is 0 Å². The van der Waals surface area contributed by atoms with Crippen molar-refractivity contribution in [3.63, 3.8) is 0 Å². The van der Waals surface area contributed by atoms with Crippen LogP contribution in [0.1, 0.15) is 33.1 Å². The molecule has 0 aromatic rings. The molecular weight excluding hydrogens is 210 g/mol. The zero-order valence-corrected chi connectivity index (χ0v) is 10.9. The van der Waals surface area contributed by atoms with Gasteiger partial charge in [-0.15, -0.1) is 0 Å². The van der Waals surface area contributed by atoms with E-state index in [4.69, 9.17) is 0 Å². The van der Waals surface area contributed by atoms with Crippen LogP contribution in [0.4, 0.5) is 0 Å². The van der Waals surface area contributed by atoms with Gasteiger partial charge in [0.05, 0.1) is 5.25 Å². The number of sulfone groups is 1. The molecule has 1 saturated heterocycles. The molecule has 0 aliphatic carbocycles. The minimum atomic E-state index is -2.82. The average molecular weight is 233 g/mol. The first-order valence-electron chi connectivity index (χ1n) is 5.84. The molecule has 0 spiro atoms. The molecule has 0 radical (unpaired) electrons. The van der Waals surface area contributed by atoms with Gasteiger partial charge in [0.25, 0.3) is 0 Å². The topological polar surface area (TPSA) is 37.4 Å². The molecule has 4 heteroatoms. The van der Waals surface area contributed by atoms with E-state index in [-0.39, 0.29) is 5.25 Å². The van der Waals surface area contributed by atoms with Crippen LogP contribution in [0.5, 0.6) is 0 Å². The van der Waals surface area contributed by atoms with Crippen LogP contribution in [0, 0.1) is 5.92 Å². The van der Waals surface area contributed by atoms with Gasteiger partial charge in [-0.2, -0.15) is 0 Å². The smallest absolute Gasteiger partial charge is 0.151 e. The molecule has 1 fully saturated rings. The Hall–Kier alpha value is -0.0900. The van der Waals surface area contributed by atoms with Crippen LogP contribution in [0.3, 0.4) is 0 Å². The summed E-state index contributed by atoms with van der Waals surface area (Å²) in [5.74, 6) is 0.752. The molecule has 0 aromatic carbocycles. The van der Waals surface area contributed by atoms with Gasteiger partial charge in [-0.25, -0.2) is 8.42 Å². The van der Waals surface area contributed by atoms with Crippen molar-refractivity contribution in [1.29, 1.82) is 0 Å². The van der Waals surface area contributed by atoms with Crippen molar-refractivity contribution in [3.8, 4) is 0 Å². The summed E-state index contributed by atoms with van der Waals surface area (Å²) in [6.45, 7) is 7.21. The van der Waals surface area contributed by atoms with Crippen molar-refractivity contribution in [3.05, 3.63) is 0 Å². The second-order valence-electron chi connectivity index (χ2n) is 4.84. The lowest BCUT2D eigenvalue weighted by molar-refractivity contribution is 0.306. The molecule has 90 valence electrons. The monoisotopic (exact) mass is 233 g/mol. The van der Waals surface area contributed by atoms with Gasteiger partial charge < -0.3 is 4.90 Å². The maximum absolute atomic E-state index is 11.3. The molecule has 1 aliphatic heterocycles. The molecule has 0 bridgehead atoms. The number of rotatable bonds is 5. The Kier molecular flexibility index (Phi) is 4.59. The fraction of sp³-hybridized carbons (Fsp3) is 1.00. The van der Waals surface area contributed by atoms with Crippen molar-refractivity contribution in [1.82, 2.24) is 4.90 Å². The van der Waals surface area contributed by atoms with Gasteiger partial charge in [0.15, 0.2) is 9.84 Å². The first-order valence-corrected chi connectivity index (χ1v) is 7.80. The maximum Gasteiger partial charge on any atom is 0.151 e. The molecule has 15 heavy (non-hydrogen) atoms. The minimum Gasteiger partial charge on any atom is -0.302 e. The predicted octanol–water partition coefficient (Wildman–Crippen LogP) is 1.54. The van der Waals surface area contributed by atoms with Crippen molar-refractivity contribution in [2.75, 3.05) is 25.9 Å². The summed E-state index contributed by atoms with van der Waals surface area (Å²) in [5.41, 5.74) is 0. The molecule has 1 aliphatic rings. The lowest BCUT2D eigenvalue weighted by Crippen LogP contribution is -2.27. The van der Waals surface area contributed by atoms with Crippen molar-refractivity contribution in [2.24, 2.45) is 5.92 Å². The fourth-order valence-corrected chi connectivity index (χ4v) is 2.97. The number of hydrogen-bond donors (Lipinski definition) is 0. The standard InChI is InChI=1S/C11H23NO2S/c1-4-10(2)5-7-12-8-6-11(9-12)15(3,13)14/h10-11H,4-9H2,1-3H3. The summed E-state index contributed by atoms with van der Waals surface area (Å²) in [4.78, 5) is 2.29. The van der Waals surface area contributed by atoms with E-state index in [0.717, 1.165) is 32.0 Å². The Morgan fingerprint density at radius 3 is 2.60 bits per heavy atom. The number of likely N-dealkylation sites (tertiary alicyclic amines) is 1. The lowest BCUT2D eigenvalue weighted by atomic mass is 10.1. The maximum atomic E-state index is 11.3. The van der Waals surface area contributed by atoms with Gasteiger partial charge in [-0.3, -0.25) is 0 Å². The molecule has 3 nitrogen and oxygen atoms in total. The molecule has 2 atom stereocenters. The predicted molar refractivity (Wildman–Crippen MR) is 63.8 cm³/mol. The Balaban J connectivity index is 2.31. The summed E-state index contributed by atoms with van der Waals surface area (Å²) in [5, 5.41) is -0.116. The number of nitrogens with zero attached hydrogens (tertiary/aromatic N) is 1. The van der Waals surface area contributed by atoms with E-state index in [0.29, 0.717) is 0 Å². The Labute approximate surface area is 93.8 Å². The Morgan fingerprint density at radius 1 is 1.47 bits per heavy atom. The third-order valence-electron chi connectivity index (χ3n) is 3.47. The molecular formula is C11H23NO2S. The van der Waals surface area contributed by atoms with Gasteiger partial charge in [0.1, 0.15) is 0 Å². The van der Waals surface area contributed by atoms with Crippen LogP contribution in [-0.4, -0.2) is 44.5 Å². The summed E-state index contributed by atoms with van der Waals surface area (Å²) >= 11 is 0. The molecule has 1 rings (SSSR count). The van der Waals surface area contributed by atoms with E-state index < -0.39 is 9.84 Å². The largest absolute Gasteiger partial charge is 0.302 e. The van der Waals surface area contributed by atoms with E-state index in [2.05, 4.69) is 18.7 Å². The van der Waals surface area contributed by atoms with Gasteiger partial charge >= 0.3 is 0 Å². The summed E-state index contributed by atoms with van der Waals surface area (Å²) in [6.07, 6.45) is 4.57. The highest BCUT2D eigenvalue weighted by Crippen LogP contribution is 2.17. The van der Waals surface area contributed by atoms with Gasteiger partial charge in [0.2, 0.25) is 0 Å². The normalized spacial score (nSPS) is 25.7. The molecule has 0 N–H and O–H groups in total. The third kappa shape index (κ3) is 4.11. The molecule has 0 saturated carbocycles. The highest BCUT2D eigenvalue weighted by atomic mass is 32.2. The van der Waals surface area contributed by atoms with E-state index in [1.807, 2.05) is 0 Å². The fourth-order valence-electron chi connectivity index (χ4n) is 1.96. The summed E-state index contributed by atoms with van der Waals surface area (Å²) in [7, 11) is -2.82. The van der Waals surface area contributed by atoms with Crippen LogP contribution in [-0.2, 0) is 9.84 Å². The van der Waals surface area contributed by atoms with Gasteiger partial charge in [-0.05, 0) is 31.8 Å². The van der Waals surface area contributed by atoms with Crippen LogP contribution < -0.4 is 0 Å². The van der Waals surface area contributed by atoms with E-state index in [1.165, 1.54) is 19.1 Å². The van der Waals surface area contributed by atoms with E-state index >= 15 is 0 Å². The van der Waals surface area contributed by atoms with Crippen LogP contribution in [0.15, 0.2) is 0 Å². The SMILES string of the molecule is CCC(C)CCN1CCC(S(C)(=O)=O)C1. The minimum absolute atomic E-state index is 0.116. The van der Waals surface area contributed by atoms with Crippen molar-refractivity contribution in [2.45, 2.75) is 38.4 Å². The lowest BCUT2D eigenvalue weighted by Gasteiger charge is -2.17. The van der Waals surface area contributed by atoms with Crippen LogP contribution in [0.2, 0.25) is 0 Å². The molecule has 0 amide bonds. The summed E-state index contributed by atoms with van der Waals surface area (Å²) < 4.78 is 22.7. The van der Waals surface area contributed by atoms with E-state index in [1.54, 1.807) is 0 Å². The molecule has 1 heterocycles. The Morgan fingerprint density at radius 2 is 2.13 bits per heavy atom. The Bertz CT molecular complexity index is 287. The quantitative estimate of drug-likeness (QED) is 0.723. The van der Waals surface area contributed by atoms with Crippen molar-refractivity contribution < 1.29 is 8.42 Å². The molecule has 2 unspecified atom stereocenters. The van der Waals surface area contributed by atoms with Gasteiger partial charge in [0, 0.05) is 12.8 Å². The zero-order chi connectivity index (χ0) is 11.5. The summed E-state index contributed by atoms with van der Waals surface area (Å²) in [6, 6.07) is 0. The highest BCUT2D eigenvalue weighted by Gasteiger charge is 2.29. The molecule has 0 aromatic heterocycles. The van der Waals surface area contributed by atoms with Gasteiger partial charge in [-0.1, -0.05) is 20.3 Å². The average Bonchev–Trinajstić information content (AvgIpc) is 2.61. The highest BCUT2D eigenvalue weighted by molar-refractivity contribution is 7.91. The third-order valence-corrected chi connectivity index (χ3v) is 5.07. The first-order chi connectivity index (χ1) is 6.93. The van der Waals surface area contributed by atoms with E-state index in [9.17, 15) is 8.42 Å². The second kappa shape index (κ2) is 5.30. The van der Waals surface area contributed by atoms with Crippen molar-refractivity contribution >= 4 is 9.84 Å². The second-order valence-corrected chi connectivity index (χ2v) is 7.17. The zero-order valence-electron chi connectivity index (χ0n) is 10.1. The first kappa shape index (κ1) is 13.0. The number of hydrogen-bond acceptors (Lipinski definition) is 3. The van der Waals surface area contributed by atoms with Crippen LogP contribution >= 0.6 is 0 Å².